The molecular formula is C10H9N3O2. The molecule has 0 aliphatic rings. The van der Waals surface area contributed by atoms with Gasteiger partial charge in [-0.3, -0.25) is 0 Å². The normalized spacial score (nSPS) is 10.2. The Morgan fingerprint density at radius 3 is 2.93 bits per heavy atom. The van der Waals surface area contributed by atoms with Gasteiger partial charge in [-0.2, -0.15) is 0 Å². The third-order valence-corrected chi connectivity index (χ3v) is 2.01. The highest BCUT2D eigenvalue weighted by Crippen LogP contribution is 2.19. The summed E-state index contributed by atoms with van der Waals surface area (Å²) in [6.07, 6.45) is 3.18. The Morgan fingerprint density at radius 1 is 1.47 bits per heavy atom. The Labute approximate surface area is 85.8 Å². The molecule has 0 spiro atoms. The molecule has 0 fully saturated rings. The number of carboxylic acid groups (broad SMARTS) is 1. The van der Waals surface area contributed by atoms with Crippen LogP contribution in [0.25, 0.3) is 11.4 Å². The van der Waals surface area contributed by atoms with Gasteiger partial charge in [0.1, 0.15) is 5.82 Å². The molecule has 0 aromatic carbocycles. The van der Waals surface area contributed by atoms with E-state index >= 15 is 0 Å². The molecule has 76 valence electrons. The monoisotopic (exact) mass is 203 g/mol. The van der Waals surface area contributed by atoms with Crippen LogP contribution in [0.4, 0.5) is 0 Å². The second-order valence-electron chi connectivity index (χ2n) is 3.06. The first-order chi connectivity index (χ1) is 7.18. The van der Waals surface area contributed by atoms with Crippen molar-refractivity contribution in [1.29, 1.82) is 0 Å². The van der Waals surface area contributed by atoms with Crippen LogP contribution in [-0.2, 0) is 0 Å². The Morgan fingerprint density at radius 2 is 2.27 bits per heavy atom. The van der Waals surface area contributed by atoms with Crippen LogP contribution < -0.4 is 0 Å². The second-order valence-corrected chi connectivity index (χ2v) is 3.06. The summed E-state index contributed by atoms with van der Waals surface area (Å²) in [6.45, 7) is 1.76. The number of carbonyl (C=O) groups is 1. The van der Waals surface area contributed by atoms with Crippen LogP contribution in [0, 0.1) is 6.92 Å². The van der Waals surface area contributed by atoms with Gasteiger partial charge >= 0.3 is 5.97 Å². The first kappa shape index (κ1) is 9.39. The molecule has 0 atom stereocenters. The van der Waals surface area contributed by atoms with E-state index < -0.39 is 5.97 Å². The smallest absolute Gasteiger partial charge is 0.337 e. The van der Waals surface area contributed by atoms with Crippen LogP contribution >= 0.6 is 0 Å². The highest BCUT2D eigenvalue weighted by molar-refractivity contribution is 5.94. The van der Waals surface area contributed by atoms with E-state index in [0.29, 0.717) is 17.2 Å². The molecule has 0 saturated heterocycles. The van der Waals surface area contributed by atoms with E-state index in [1.165, 1.54) is 6.07 Å². The average Bonchev–Trinajstić information content (AvgIpc) is 2.65. The summed E-state index contributed by atoms with van der Waals surface area (Å²) in [5.41, 5.74) is 1.31. The first-order valence-electron chi connectivity index (χ1n) is 4.39. The average molecular weight is 203 g/mol. The lowest BCUT2D eigenvalue weighted by molar-refractivity contribution is 0.0698. The maximum atomic E-state index is 10.9. The molecule has 2 rings (SSSR count). The lowest BCUT2D eigenvalue weighted by Crippen LogP contribution is -1.99. The van der Waals surface area contributed by atoms with Crippen molar-refractivity contribution in [2.24, 2.45) is 0 Å². The molecule has 0 unspecified atom stereocenters. The number of carboxylic acids is 1. The summed E-state index contributed by atoms with van der Waals surface area (Å²) < 4.78 is 0. The van der Waals surface area contributed by atoms with Gasteiger partial charge in [-0.15, -0.1) is 0 Å². The fourth-order valence-electron chi connectivity index (χ4n) is 1.35. The fourth-order valence-corrected chi connectivity index (χ4v) is 1.35. The summed E-state index contributed by atoms with van der Waals surface area (Å²) in [5, 5.41) is 8.92. The molecule has 5 nitrogen and oxygen atoms in total. The lowest BCUT2D eigenvalue weighted by atomic mass is 10.2. The van der Waals surface area contributed by atoms with E-state index in [9.17, 15) is 4.79 Å². The largest absolute Gasteiger partial charge is 0.478 e. The molecule has 2 N–H and O–H groups in total. The highest BCUT2D eigenvalue weighted by Gasteiger charge is 2.13. The topological polar surface area (TPSA) is 78.9 Å². The van der Waals surface area contributed by atoms with Crippen molar-refractivity contribution >= 4 is 5.97 Å². The molecule has 0 saturated carbocycles. The predicted octanol–water partition coefficient (Wildman–Crippen LogP) is 1.48. The minimum absolute atomic E-state index is 0.216. The summed E-state index contributed by atoms with van der Waals surface area (Å²) in [4.78, 5) is 21.8. The third-order valence-electron chi connectivity index (χ3n) is 2.01. The van der Waals surface area contributed by atoms with Gasteiger partial charge in [0.15, 0.2) is 0 Å². The second kappa shape index (κ2) is 3.53. The number of rotatable bonds is 2. The molecule has 5 heteroatoms. The number of nitrogens with one attached hydrogen (secondary N) is 1. The maximum Gasteiger partial charge on any atom is 0.337 e. The van der Waals surface area contributed by atoms with Crippen molar-refractivity contribution in [3.05, 3.63) is 35.9 Å². The van der Waals surface area contributed by atoms with Crippen molar-refractivity contribution in [2.75, 3.05) is 0 Å². The lowest BCUT2D eigenvalue weighted by Gasteiger charge is -2.00. The van der Waals surface area contributed by atoms with Gasteiger partial charge in [-0.05, 0) is 19.1 Å². The van der Waals surface area contributed by atoms with Gasteiger partial charge in [0, 0.05) is 12.4 Å². The Balaban J connectivity index is 2.54. The Hall–Kier alpha value is -2.17. The minimum atomic E-state index is -0.970. The number of nitrogens with zero attached hydrogens (tertiary/aromatic N) is 2. The number of aromatic amines is 1. The van der Waals surface area contributed by atoms with Crippen LogP contribution in [0.15, 0.2) is 24.5 Å². The van der Waals surface area contributed by atoms with Gasteiger partial charge in [0.25, 0.3) is 0 Å². The number of aromatic nitrogens is 3. The molecule has 2 aromatic heterocycles. The van der Waals surface area contributed by atoms with Crippen LogP contribution in [0.5, 0.6) is 0 Å². The zero-order chi connectivity index (χ0) is 10.8. The van der Waals surface area contributed by atoms with E-state index in [2.05, 4.69) is 15.0 Å². The Bertz CT molecular complexity index is 505. The molecule has 0 aliphatic heterocycles. The molecule has 0 bridgehead atoms. The van der Waals surface area contributed by atoms with Crippen LogP contribution in [-0.4, -0.2) is 26.0 Å². The summed E-state index contributed by atoms with van der Waals surface area (Å²) >= 11 is 0. The molecule has 2 heterocycles. The van der Waals surface area contributed by atoms with E-state index in [-0.39, 0.29) is 5.56 Å². The summed E-state index contributed by atoms with van der Waals surface area (Å²) in [7, 11) is 0. The molecule has 0 amide bonds. The minimum Gasteiger partial charge on any atom is -0.478 e. The van der Waals surface area contributed by atoms with E-state index in [4.69, 9.17) is 5.11 Å². The van der Waals surface area contributed by atoms with Crippen molar-refractivity contribution in [2.45, 2.75) is 6.92 Å². The molecule has 15 heavy (non-hydrogen) atoms. The van der Waals surface area contributed by atoms with Gasteiger partial charge < -0.3 is 10.1 Å². The number of H-pyrrole nitrogens is 1. The van der Waals surface area contributed by atoms with Gasteiger partial charge in [0.05, 0.1) is 17.0 Å². The first-order valence-corrected chi connectivity index (χ1v) is 4.39. The van der Waals surface area contributed by atoms with Crippen LogP contribution in [0.2, 0.25) is 0 Å². The zero-order valence-electron chi connectivity index (χ0n) is 8.06. The fraction of sp³-hybridized carbons (Fsp3) is 0.100. The number of hydrogen-bond donors (Lipinski definition) is 2. The quantitative estimate of drug-likeness (QED) is 0.774. The standard InChI is InChI=1S/C10H9N3O2/c1-6-11-5-3-8(13-6)9-7(10(14)15)2-4-12-9/h2-5,12H,1H3,(H,14,15). The zero-order valence-corrected chi connectivity index (χ0v) is 8.06. The maximum absolute atomic E-state index is 10.9. The number of aromatic carboxylic acids is 1. The van der Waals surface area contributed by atoms with Crippen molar-refractivity contribution < 1.29 is 9.90 Å². The third kappa shape index (κ3) is 1.71. The van der Waals surface area contributed by atoms with Crippen molar-refractivity contribution in [3.63, 3.8) is 0 Å². The predicted molar refractivity (Wildman–Crippen MR) is 53.5 cm³/mol. The summed E-state index contributed by atoms with van der Waals surface area (Å²) in [5.74, 6) is -0.360. The van der Waals surface area contributed by atoms with Crippen molar-refractivity contribution in [1.82, 2.24) is 15.0 Å². The summed E-state index contributed by atoms with van der Waals surface area (Å²) in [6, 6.07) is 3.18. The SMILES string of the molecule is Cc1nccc(-c2[nH]ccc2C(=O)O)n1. The van der Waals surface area contributed by atoms with Crippen LogP contribution in [0.3, 0.4) is 0 Å². The highest BCUT2D eigenvalue weighted by atomic mass is 16.4. The van der Waals surface area contributed by atoms with Gasteiger partial charge in [0.2, 0.25) is 0 Å². The number of hydrogen-bond acceptors (Lipinski definition) is 3. The van der Waals surface area contributed by atoms with Crippen LogP contribution in [0.1, 0.15) is 16.2 Å². The van der Waals surface area contributed by atoms with Gasteiger partial charge in [-0.1, -0.05) is 0 Å². The molecule has 2 aromatic rings. The molecular weight excluding hydrogens is 194 g/mol. The van der Waals surface area contributed by atoms with Gasteiger partial charge in [-0.25, -0.2) is 14.8 Å². The van der Waals surface area contributed by atoms with E-state index in [0.717, 1.165) is 0 Å². The van der Waals surface area contributed by atoms with E-state index in [1.54, 1.807) is 25.4 Å². The molecule has 0 radical (unpaired) electrons. The van der Waals surface area contributed by atoms with Crippen molar-refractivity contribution in [3.8, 4) is 11.4 Å². The number of aryl methyl sites for hydroxylation is 1. The molecule has 0 aliphatic carbocycles. The van der Waals surface area contributed by atoms with E-state index in [1.807, 2.05) is 0 Å². The Kier molecular flexibility index (Phi) is 2.21.